The highest BCUT2D eigenvalue weighted by Gasteiger charge is 2.32. The van der Waals surface area contributed by atoms with Gasteiger partial charge in [0.25, 0.3) is 0 Å². The Morgan fingerprint density at radius 1 is 0.900 bits per heavy atom. The minimum atomic E-state index is -3.86. The third-order valence-corrected chi connectivity index (χ3v) is 7.98. The van der Waals surface area contributed by atoms with Crippen molar-refractivity contribution in [1.82, 2.24) is 10.2 Å². The van der Waals surface area contributed by atoms with Crippen LogP contribution in [0.3, 0.4) is 0 Å². The molecule has 214 valence electrons. The fourth-order valence-corrected chi connectivity index (χ4v) is 5.13. The lowest BCUT2D eigenvalue weighted by Crippen LogP contribution is -2.53. The molecule has 10 heteroatoms. The van der Waals surface area contributed by atoms with E-state index in [0.29, 0.717) is 34.2 Å². The van der Waals surface area contributed by atoms with E-state index < -0.39 is 28.5 Å². The summed E-state index contributed by atoms with van der Waals surface area (Å²) in [7, 11) is -3.86. The molecule has 0 aliphatic rings. The number of nitrogens with zero attached hydrogens (tertiary/aromatic N) is 2. The van der Waals surface area contributed by atoms with Crippen molar-refractivity contribution in [2.75, 3.05) is 17.1 Å². The van der Waals surface area contributed by atoms with Gasteiger partial charge in [0.1, 0.15) is 24.1 Å². The van der Waals surface area contributed by atoms with E-state index in [9.17, 15) is 18.0 Å². The first-order chi connectivity index (χ1) is 19.0. The zero-order valence-electron chi connectivity index (χ0n) is 23.2. The number of anilines is 1. The Balaban J connectivity index is 1.90. The maximum Gasteiger partial charge on any atom is 0.244 e. The number of carbonyl (C=O) groups is 2. The number of hydrogen-bond donors (Lipinski definition) is 1. The van der Waals surface area contributed by atoms with Crippen LogP contribution in [0.4, 0.5) is 5.69 Å². The molecule has 40 heavy (non-hydrogen) atoms. The molecule has 3 aromatic rings. The zero-order valence-corrected chi connectivity index (χ0v) is 24.8. The molecular weight excluding hydrogens is 550 g/mol. The summed E-state index contributed by atoms with van der Waals surface area (Å²) < 4.78 is 32.6. The molecule has 0 aliphatic heterocycles. The lowest BCUT2D eigenvalue weighted by Gasteiger charge is -2.33. The van der Waals surface area contributed by atoms with Crippen molar-refractivity contribution in [3.8, 4) is 11.5 Å². The van der Waals surface area contributed by atoms with E-state index in [1.165, 1.54) is 4.90 Å². The fraction of sp³-hybridized carbons (Fsp3) is 0.333. The van der Waals surface area contributed by atoms with E-state index in [2.05, 4.69) is 5.32 Å². The van der Waals surface area contributed by atoms with Crippen LogP contribution in [-0.2, 0) is 26.2 Å². The smallest absolute Gasteiger partial charge is 0.244 e. The van der Waals surface area contributed by atoms with Gasteiger partial charge in [-0.3, -0.25) is 13.9 Å². The number of rotatable bonds is 13. The fourth-order valence-electron chi connectivity index (χ4n) is 4.09. The molecule has 0 saturated heterocycles. The number of para-hydroxylation sites is 1. The van der Waals surface area contributed by atoms with Gasteiger partial charge in [-0.1, -0.05) is 61.8 Å². The summed E-state index contributed by atoms with van der Waals surface area (Å²) in [6.07, 6.45) is 2.11. The van der Waals surface area contributed by atoms with Gasteiger partial charge in [0, 0.05) is 17.6 Å². The highest BCUT2D eigenvalue weighted by atomic mass is 35.5. The van der Waals surface area contributed by atoms with Crippen LogP contribution in [0.1, 0.15) is 39.2 Å². The second kappa shape index (κ2) is 14.2. The number of ether oxygens (including phenoxy) is 1. The molecule has 0 saturated carbocycles. The molecule has 1 N–H and O–H groups in total. The van der Waals surface area contributed by atoms with Gasteiger partial charge >= 0.3 is 0 Å². The standard InChI is InChI=1S/C30H36ClN3O5S/c1-5-22(3)32-30(36)28(6-2)33(20-23-12-10-11-15-27(23)31)29(35)21-34(40(4,37)38)24-16-18-26(19-17-24)39-25-13-8-7-9-14-25/h7-19,22,28H,5-6,20-21H2,1-4H3,(H,32,36)/t22-,28-/m0/s1. The van der Waals surface area contributed by atoms with Crippen LogP contribution in [0.15, 0.2) is 78.9 Å². The number of sulfonamides is 1. The number of halogens is 1. The Hall–Kier alpha value is -3.56. The van der Waals surface area contributed by atoms with E-state index in [1.54, 1.807) is 48.5 Å². The third kappa shape index (κ3) is 8.47. The van der Waals surface area contributed by atoms with Gasteiger partial charge in [-0.2, -0.15) is 0 Å². The predicted octanol–water partition coefficient (Wildman–Crippen LogP) is 5.62. The van der Waals surface area contributed by atoms with E-state index in [0.717, 1.165) is 17.0 Å². The van der Waals surface area contributed by atoms with Crippen LogP contribution in [0.25, 0.3) is 0 Å². The average molecular weight is 586 g/mol. The van der Waals surface area contributed by atoms with Crippen LogP contribution in [0.2, 0.25) is 5.02 Å². The summed E-state index contributed by atoms with van der Waals surface area (Å²) in [6, 6.07) is 21.8. The SMILES string of the molecule is CC[C@H](C)NC(=O)[C@H](CC)N(Cc1ccccc1Cl)C(=O)CN(c1ccc(Oc2ccccc2)cc1)S(C)(=O)=O. The van der Waals surface area contributed by atoms with Crippen LogP contribution < -0.4 is 14.4 Å². The van der Waals surface area contributed by atoms with Crippen molar-refractivity contribution < 1.29 is 22.7 Å². The minimum Gasteiger partial charge on any atom is -0.457 e. The molecule has 0 unspecified atom stereocenters. The summed E-state index contributed by atoms with van der Waals surface area (Å²) in [4.78, 5) is 28.5. The lowest BCUT2D eigenvalue weighted by molar-refractivity contribution is -0.140. The molecule has 8 nitrogen and oxygen atoms in total. The van der Waals surface area contributed by atoms with Crippen molar-refractivity contribution in [2.24, 2.45) is 0 Å². The second-order valence-corrected chi connectivity index (χ2v) is 11.8. The number of benzene rings is 3. The Morgan fingerprint density at radius 3 is 2.08 bits per heavy atom. The largest absolute Gasteiger partial charge is 0.457 e. The quantitative estimate of drug-likeness (QED) is 0.281. The Labute approximate surface area is 241 Å². The molecule has 0 aliphatic carbocycles. The summed E-state index contributed by atoms with van der Waals surface area (Å²) in [5.74, 6) is 0.330. The van der Waals surface area contributed by atoms with E-state index in [4.69, 9.17) is 16.3 Å². The third-order valence-electron chi connectivity index (χ3n) is 6.47. The zero-order chi connectivity index (χ0) is 29.3. The van der Waals surface area contributed by atoms with E-state index in [-0.39, 0.29) is 18.5 Å². The van der Waals surface area contributed by atoms with Gasteiger partial charge in [-0.25, -0.2) is 8.42 Å². The molecular formula is C30H36ClN3O5S. The van der Waals surface area contributed by atoms with Gasteiger partial charge in [0.2, 0.25) is 21.8 Å². The molecule has 0 heterocycles. The maximum absolute atomic E-state index is 13.8. The number of hydrogen-bond acceptors (Lipinski definition) is 5. The number of nitrogens with one attached hydrogen (secondary N) is 1. The molecule has 0 spiro atoms. The predicted molar refractivity (Wildman–Crippen MR) is 159 cm³/mol. The maximum atomic E-state index is 13.8. The first-order valence-corrected chi connectivity index (χ1v) is 15.4. The molecule has 3 rings (SSSR count). The monoisotopic (exact) mass is 585 g/mol. The van der Waals surface area contributed by atoms with Crippen LogP contribution in [0.5, 0.6) is 11.5 Å². The Kier molecular flexibility index (Phi) is 11.0. The molecule has 2 atom stereocenters. The first kappa shape index (κ1) is 31.0. The summed E-state index contributed by atoms with van der Waals surface area (Å²) in [6.45, 7) is 5.22. The average Bonchev–Trinajstić information content (AvgIpc) is 2.93. The Morgan fingerprint density at radius 2 is 1.50 bits per heavy atom. The summed E-state index contributed by atoms with van der Waals surface area (Å²) >= 11 is 6.40. The first-order valence-electron chi connectivity index (χ1n) is 13.2. The van der Waals surface area contributed by atoms with Gasteiger partial charge in [-0.15, -0.1) is 0 Å². The van der Waals surface area contributed by atoms with Crippen LogP contribution in [0, 0.1) is 0 Å². The topological polar surface area (TPSA) is 96.0 Å². The molecule has 3 aromatic carbocycles. The van der Waals surface area contributed by atoms with Crippen LogP contribution in [-0.4, -0.2) is 50.0 Å². The van der Waals surface area contributed by atoms with E-state index in [1.807, 2.05) is 51.1 Å². The van der Waals surface area contributed by atoms with Crippen molar-refractivity contribution in [2.45, 2.75) is 52.2 Å². The molecule has 0 aromatic heterocycles. The van der Waals surface area contributed by atoms with Crippen LogP contribution >= 0.6 is 11.6 Å². The Bertz CT molecular complexity index is 1380. The molecule has 0 radical (unpaired) electrons. The second-order valence-electron chi connectivity index (χ2n) is 9.53. The summed E-state index contributed by atoms with van der Waals surface area (Å²) in [5, 5.41) is 3.40. The number of carbonyl (C=O) groups excluding carboxylic acids is 2. The highest BCUT2D eigenvalue weighted by molar-refractivity contribution is 7.92. The molecule has 2 amide bonds. The number of amides is 2. The van der Waals surface area contributed by atoms with Crippen molar-refractivity contribution >= 4 is 39.1 Å². The van der Waals surface area contributed by atoms with Gasteiger partial charge in [0.05, 0.1) is 11.9 Å². The van der Waals surface area contributed by atoms with Crippen molar-refractivity contribution in [3.05, 3.63) is 89.4 Å². The molecule has 0 bridgehead atoms. The van der Waals surface area contributed by atoms with Gasteiger partial charge < -0.3 is 15.0 Å². The van der Waals surface area contributed by atoms with E-state index >= 15 is 0 Å². The van der Waals surface area contributed by atoms with Gasteiger partial charge in [-0.05, 0) is 67.8 Å². The minimum absolute atomic E-state index is 0.0480. The summed E-state index contributed by atoms with van der Waals surface area (Å²) in [5.41, 5.74) is 0.951. The molecule has 0 fully saturated rings. The van der Waals surface area contributed by atoms with Crippen molar-refractivity contribution in [3.63, 3.8) is 0 Å². The van der Waals surface area contributed by atoms with Gasteiger partial charge in [0.15, 0.2) is 0 Å². The normalized spacial score (nSPS) is 12.7. The lowest BCUT2D eigenvalue weighted by atomic mass is 10.1. The van der Waals surface area contributed by atoms with Crippen molar-refractivity contribution in [1.29, 1.82) is 0 Å². The highest BCUT2D eigenvalue weighted by Crippen LogP contribution is 2.26.